The van der Waals surface area contributed by atoms with E-state index in [0.29, 0.717) is 30.1 Å². The Labute approximate surface area is 741 Å². The Morgan fingerprint density at radius 2 is 0.856 bits per heavy atom. The number of Topliss-reactive ketones (excluding diaryl/α,β-unsaturated/α-hetero) is 1. The number of amides is 3. The van der Waals surface area contributed by atoms with Crippen LogP contribution in [0.1, 0.15) is 101 Å². The van der Waals surface area contributed by atoms with Crippen molar-refractivity contribution in [2.75, 3.05) is 110 Å². The van der Waals surface area contributed by atoms with E-state index in [1.807, 2.05) is 223 Å². The fourth-order valence-electron chi connectivity index (χ4n) is 13.5. The molecule has 17 heteroatoms. The summed E-state index contributed by atoms with van der Waals surface area (Å²) in [5.41, 5.74) is 15.5. The summed E-state index contributed by atoms with van der Waals surface area (Å²) in [6.07, 6.45) is 4.88. The molecule has 3 fully saturated rings. The van der Waals surface area contributed by atoms with Crippen molar-refractivity contribution in [3.8, 4) is 11.5 Å². The van der Waals surface area contributed by atoms with Crippen LogP contribution in [0.15, 0.2) is 370 Å². The van der Waals surface area contributed by atoms with E-state index in [0.717, 1.165) is 110 Å². The van der Waals surface area contributed by atoms with Gasteiger partial charge in [-0.25, -0.2) is 0 Å². The first kappa shape index (κ1) is 96.7. The Bertz CT molecular complexity index is 5120. The quantitative estimate of drug-likeness (QED) is 0.0546. The third kappa shape index (κ3) is 38.1. The number of aryl methyl sites for hydroxylation is 2. The first-order valence-electron chi connectivity index (χ1n) is 42.9. The zero-order valence-corrected chi connectivity index (χ0v) is 73.9. The Morgan fingerprint density at radius 3 is 1.30 bits per heavy atom. The van der Waals surface area contributed by atoms with Crippen molar-refractivity contribution < 1.29 is 33.6 Å². The molecule has 17 nitrogen and oxygen atoms in total. The number of anilines is 6. The summed E-state index contributed by atoms with van der Waals surface area (Å²) in [6, 6.07) is 121. The molecule has 16 rings (SSSR count). The lowest BCUT2D eigenvalue weighted by Gasteiger charge is -2.36. The van der Waals surface area contributed by atoms with E-state index in [1.54, 1.807) is 50.4 Å². The number of benzene rings is 13. The number of carbonyl (C=O) groups excluding carboxylic acids is 4. The zero-order valence-electron chi connectivity index (χ0n) is 73.9. The highest BCUT2D eigenvalue weighted by atomic mass is 16.6. The molecule has 0 bridgehead atoms. The number of nitrogens with zero attached hydrogens (tertiary/aromatic N) is 6. The minimum Gasteiger partial charge on any atom is -0.457 e. The van der Waals surface area contributed by atoms with Crippen molar-refractivity contribution in [2.24, 2.45) is 5.92 Å². The minimum absolute atomic E-state index is 0.00623. The number of hydrogen-bond donors (Lipinski definition) is 3. The second-order valence-electron chi connectivity index (χ2n) is 30.7. The fourth-order valence-corrected chi connectivity index (χ4v) is 13.5. The van der Waals surface area contributed by atoms with Crippen LogP contribution in [0, 0.1) is 29.9 Å². The first-order chi connectivity index (χ1) is 60.7. The summed E-state index contributed by atoms with van der Waals surface area (Å²) in [6.45, 7) is 22.8. The molecule has 3 saturated heterocycles. The molecule has 0 saturated carbocycles. The smallest absolute Gasteiger partial charge is 0.269 e. The van der Waals surface area contributed by atoms with Gasteiger partial charge < -0.3 is 45.0 Å². The van der Waals surface area contributed by atoms with Gasteiger partial charge >= 0.3 is 0 Å². The number of ether oxygens (including phenoxy) is 2. The Morgan fingerprint density at radius 1 is 0.448 bits per heavy atom. The lowest BCUT2D eigenvalue weighted by Crippen LogP contribution is -2.45. The molecule has 3 heterocycles. The number of nitro groups is 1. The Kier molecular flexibility index (Phi) is 42.8. The van der Waals surface area contributed by atoms with Crippen LogP contribution in [0.3, 0.4) is 0 Å². The molecule has 1 atom stereocenters. The van der Waals surface area contributed by atoms with Crippen LogP contribution in [-0.2, 0) is 33.7 Å². The van der Waals surface area contributed by atoms with Gasteiger partial charge in [0.1, 0.15) is 17.3 Å². The Hall–Kier alpha value is -13.7. The third-order valence-electron chi connectivity index (χ3n) is 20.2. The van der Waals surface area contributed by atoms with Gasteiger partial charge in [-0.2, -0.15) is 0 Å². The van der Waals surface area contributed by atoms with Gasteiger partial charge in [-0.3, -0.25) is 34.2 Å². The second-order valence-corrected chi connectivity index (χ2v) is 30.7. The molecular formula is C108H123N9O8. The molecule has 125 heavy (non-hydrogen) atoms. The van der Waals surface area contributed by atoms with E-state index in [-0.39, 0.29) is 34.1 Å². The summed E-state index contributed by atoms with van der Waals surface area (Å²) < 4.78 is 11.1. The van der Waals surface area contributed by atoms with Gasteiger partial charge in [-0.05, 0) is 208 Å². The average molecular weight is 1680 g/mol. The monoisotopic (exact) mass is 1670 g/mol. The number of nitro benzene ring substituents is 1. The summed E-state index contributed by atoms with van der Waals surface area (Å²) in [5.74, 6) is 2.56. The normalized spacial score (nSPS) is 13.1. The number of piperidine rings is 1. The number of nitrogens with one attached hydrogen (secondary N) is 3. The molecule has 3 aliphatic rings. The van der Waals surface area contributed by atoms with Crippen LogP contribution in [0.4, 0.5) is 39.8 Å². The molecule has 0 spiro atoms. The second kappa shape index (κ2) is 55.3. The van der Waals surface area contributed by atoms with Crippen LogP contribution in [0.2, 0.25) is 0 Å². The molecule has 0 aromatic heterocycles. The van der Waals surface area contributed by atoms with Crippen LogP contribution >= 0.6 is 0 Å². The minimum atomic E-state index is -0.383. The number of rotatable bonds is 18. The number of morpholine rings is 1. The molecular weight excluding hydrogens is 1550 g/mol. The molecule has 1 unspecified atom stereocenters. The van der Waals surface area contributed by atoms with Crippen molar-refractivity contribution in [3.63, 3.8) is 0 Å². The van der Waals surface area contributed by atoms with E-state index in [2.05, 4.69) is 188 Å². The third-order valence-corrected chi connectivity index (χ3v) is 20.2. The van der Waals surface area contributed by atoms with Gasteiger partial charge in [-0.15, -0.1) is 0 Å². The predicted octanol–water partition coefficient (Wildman–Crippen LogP) is 23.0. The SMILES string of the molecule is CC(=O)Cc1ccccc1.CC1CCN(c2ccccc2)CC1.CC1CN(c2ccccc2)CCO1.CCC(=O)Nc1ccc(Oc2ccccc2)cc1.CN(C)c1ccccc1.CNC(=O)c1ccccc1.Cc1cc(C)cc(NC(=O)c2ccccc2)c1.O=[N+]([O-])c1ccc(Cc2ccccc2)cc1.c1ccc(CN2CCN(c3ccccc3)CC2)cc1. The number of non-ortho nitro benzene ring substituents is 1. The predicted molar refractivity (Wildman–Crippen MR) is 517 cm³/mol. The number of piperazine rings is 1. The van der Waals surface area contributed by atoms with Crippen LogP contribution < -0.4 is 40.3 Å². The Balaban J connectivity index is 0.000000176. The van der Waals surface area contributed by atoms with Crippen LogP contribution in [0.5, 0.6) is 11.5 Å². The molecule has 0 radical (unpaired) electrons. The fraction of sp³-hybridized carbons (Fsp3) is 0.241. The van der Waals surface area contributed by atoms with E-state index in [9.17, 15) is 29.3 Å². The van der Waals surface area contributed by atoms with Crippen molar-refractivity contribution >= 4 is 63.3 Å². The maximum atomic E-state index is 11.9. The van der Waals surface area contributed by atoms with Gasteiger partial charge in [0.05, 0.1) is 17.6 Å². The lowest BCUT2D eigenvalue weighted by molar-refractivity contribution is -0.384. The number of hydrogen-bond acceptors (Lipinski definition) is 13. The van der Waals surface area contributed by atoms with E-state index < -0.39 is 0 Å². The summed E-state index contributed by atoms with van der Waals surface area (Å²) in [5, 5.41) is 18.7. The van der Waals surface area contributed by atoms with E-state index in [4.69, 9.17) is 9.47 Å². The standard InChI is InChI=1S/C17H20N2.C15H15NO2.C15H15NO.C13H11NO2.C12H17N.C11H15NO.C9H10O.C8H9NO.C8H11N/c1-3-7-16(8-4-1)15-18-11-13-19(14-12-18)17-9-5-2-6-10-17;1-2-15(17)16-12-8-10-14(11-9-12)18-13-6-4-3-5-7-13;1-11-8-12(2)10-14(9-11)16-15(17)13-6-4-3-5-7-13;15-14(16)13-8-6-12(7-9-13)10-11-4-2-1-3-5-11;1-11-7-9-13(10-8-11)12-5-3-2-4-6-12;1-10-9-12(7-8-13-10)11-5-3-2-4-6-11;1-8(10)7-9-5-3-2-4-6-9;1-9-8(10)7-5-3-2-4-6-7;1-9(2)8-6-4-3-5-7-8/h1-10H,11-15H2;3-11H,2H2,1H3,(H,16,17);3-10H,1-2H3,(H,16,17);1-9H,10H2;2-6,11H,7-10H2,1H3;2-6,10H,7-9H2,1H3;2-6H,7H2,1H3;2-6H,1H3,(H,9,10);3-7H,1-2H3. The van der Waals surface area contributed by atoms with Gasteiger partial charge in [0, 0.05) is 150 Å². The maximum Gasteiger partial charge on any atom is 0.269 e. The maximum absolute atomic E-state index is 11.9. The molecule has 3 N–H and O–H groups in total. The van der Waals surface area contributed by atoms with E-state index in [1.165, 1.54) is 71.9 Å². The highest BCUT2D eigenvalue weighted by Gasteiger charge is 2.19. The summed E-state index contributed by atoms with van der Waals surface area (Å²) in [7, 11) is 5.69. The van der Waals surface area contributed by atoms with Crippen molar-refractivity contribution in [1.82, 2.24) is 10.2 Å². The molecule has 3 aliphatic heterocycles. The average Bonchev–Trinajstić information content (AvgIpc) is 0.874. The van der Waals surface area contributed by atoms with Gasteiger partial charge in [-0.1, -0.05) is 250 Å². The van der Waals surface area contributed by atoms with Crippen LogP contribution in [0.25, 0.3) is 0 Å². The van der Waals surface area contributed by atoms with Gasteiger partial charge in [0.15, 0.2) is 0 Å². The zero-order chi connectivity index (χ0) is 89.0. The van der Waals surface area contributed by atoms with Crippen molar-refractivity contribution in [3.05, 3.63) is 425 Å². The first-order valence-corrected chi connectivity index (χ1v) is 42.9. The van der Waals surface area contributed by atoms with Crippen molar-refractivity contribution in [1.29, 1.82) is 0 Å². The molecule has 13 aromatic rings. The molecule has 0 aliphatic carbocycles. The molecule has 3 amide bonds. The number of ketones is 1. The highest BCUT2D eigenvalue weighted by molar-refractivity contribution is 6.04. The summed E-state index contributed by atoms with van der Waals surface area (Å²) >= 11 is 0. The van der Waals surface area contributed by atoms with Crippen LogP contribution in [-0.4, -0.2) is 120 Å². The van der Waals surface area contributed by atoms with Crippen molar-refractivity contribution in [2.45, 2.75) is 86.3 Å². The topological polar surface area (TPSA) is 182 Å². The van der Waals surface area contributed by atoms with Gasteiger partial charge in [0.2, 0.25) is 5.91 Å². The summed E-state index contributed by atoms with van der Waals surface area (Å²) in [4.78, 5) is 66.7. The highest BCUT2D eigenvalue weighted by Crippen LogP contribution is 2.26. The number of carbonyl (C=O) groups is 4. The number of para-hydroxylation sites is 5. The van der Waals surface area contributed by atoms with E-state index >= 15 is 0 Å². The van der Waals surface area contributed by atoms with Gasteiger partial charge in [0.25, 0.3) is 17.5 Å². The largest absolute Gasteiger partial charge is 0.457 e. The lowest BCUT2D eigenvalue weighted by atomic mass is 9.99. The molecule has 648 valence electrons. The molecule has 13 aromatic carbocycles.